The molecule has 0 N–H and O–H groups in total. The molecule has 4 nitrogen and oxygen atoms in total. The Kier molecular flexibility index (Phi) is 27.7. The first-order valence-corrected chi connectivity index (χ1v) is 13.4. The van der Waals surface area contributed by atoms with E-state index in [2.05, 4.69) is 38.4 Å². The summed E-state index contributed by atoms with van der Waals surface area (Å²) in [7, 11) is 0. The molecule has 0 aliphatic carbocycles. The van der Waals surface area contributed by atoms with Crippen molar-refractivity contribution in [1.82, 2.24) is 0 Å². The number of ketones is 2. The zero-order chi connectivity index (χ0) is 26.1. The molecular weight excluding hydrogens is 624 g/mol. The molecule has 10 heteroatoms. The number of ether oxygens (including phenoxy) is 2. The molecular formula is C26H33BrKO4S4-. The minimum absolute atomic E-state index is 0. The maximum Gasteiger partial charge on any atom is 1.00 e. The Balaban J connectivity index is -0.000000503. The van der Waals surface area contributed by atoms with Gasteiger partial charge in [-0.05, 0) is 53.8 Å². The first kappa shape index (κ1) is 40.9. The van der Waals surface area contributed by atoms with Gasteiger partial charge < -0.3 is 35.2 Å². The number of carbonyl (C=O) groups is 2. The largest absolute Gasteiger partial charge is 1.00 e. The average molecular weight is 657 g/mol. The molecule has 2 aromatic rings. The zero-order valence-electron chi connectivity index (χ0n) is 21.9. The number of halogens is 1. The smallest absolute Gasteiger partial charge is 0.813 e. The van der Waals surface area contributed by atoms with E-state index in [1.165, 1.54) is 17.3 Å². The molecule has 2 rings (SSSR count). The van der Waals surface area contributed by atoms with Gasteiger partial charge in [0.25, 0.3) is 0 Å². The second-order valence-electron chi connectivity index (χ2n) is 7.04. The van der Waals surface area contributed by atoms with Gasteiger partial charge >= 0.3 is 51.4 Å². The van der Waals surface area contributed by atoms with E-state index in [0.717, 1.165) is 16.7 Å². The first-order chi connectivity index (χ1) is 16.1. The van der Waals surface area contributed by atoms with Gasteiger partial charge in [-0.1, -0.05) is 87.3 Å². The molecule has 194 valence electrons. The van der Waals surface area contributed by atoms with Crippen molar-refractivity contribution >= 4 is 87.1 Å². The molecule has 0 saturated heterocycles. The van der Waals surface area contributed by atoms with Gasteiger partial charge in [-0.15, -0.1) is 0 Å². The zero-order valence-corrected chi connectivity index (χ0v) is 29.9. The van der Waals surface area contributed by atoms with Crippen LogP contribution in [0.15, 0.2) is 48.5 Å². The molecule has 2 aromatic carbocycles. The summed E-state index contributed by atoms with van der Waals surface area (Å²) in [6, 6.07) is 15.2. The van der Waals surface area contributed by atoms with Crippen molar-refractivity contribution in [1.29, 1.82) is 0 Å². The molecule has 0 aliphatic heterocycles. The summed E-state index contributed by atoms with van der Waals surface area (Å²) in [4.78, 5) is 23.4. The Morgan fingerprint density at radius 2 is 1.33 bits per heavy atom. The second-order valence-corrected chi connectivity index (χ2v) is 10.5. The fraction of sp³-hybridized carbons (Fsp3) is 0.385. The number of rotatable bonds is 8. The predicted molar refractivity (Wildman–Crippen MR) is 164 cm³/mol. The molecule has 0 spiro atoms. The molecule has 0 amide bonds. The molecule has 0 fully saturated rings. The van der Waals surface area contributed by atoms with Crippen LogP contribution in [-0.4, -0.2) is 44.8 Å². The van der Waals surface area contributed by atoms with Crippen molar-refractivity contribution in [3.63, 3.8) is 0 Å². The Morgan fingerprint density at radius 1 is 0.917 bits per heavy atom. The summed E-state index contributed by atoms with van der Waals surface area (Å²) in [6.45, 7) is 12.6. The monoisotopic (exact) mass is 655 g/mol. The summed E-state index contributed by atoms with van der Waals surface area (Å²) in [6.07, 6.45) is 0. The standard InChI is InChI=1S/C13H16O2S2.C10H11BrO.C3H5OS.K.H2S/c1-4-15-13(16)17-10(3)12(14)11-7-5-9(2)6-8-11;1-7-3-5-9(6-4-7)10(12)8(2)11;1-2-4-3-5;;/h5-8,10H,4H2,1-3H3;3-6,8H,1-2H3;2H2,1H3;;1H2/q;;-1;+1;/p-1. The Bertz CT molecular complexity index is 907. The van der Waals surface area contributed by atoms with Crippen molar-refractivity contribution in [2.24, 2.45) is 0 Å². The van der Waals surface area contributed by atoms with E-state index in [4.69, 9.17) is 17.0 Å². The van der Waals surface area contributed by atoms with Crippen molar-refractivity contribution in [2.75, 3.05) is 13.2 Å². The summed E-state index contributed by atoms with van der Waals surface area (Å²) in [5, 5.41) is -0.211. The van der Waals surface area contributed by atoms with Crippen molar-refractivity contribution in [3.05, 3.63) is 70.8 Å². The van der Waals surface area contributed by atoms with Crippen LogP contribution in [0.1, 0.15) is 59.5 Å². The van der Waals surface area contributed by atoms with Crippen LogP contribution in [-0.2, 0) is 23.0 Å². The van der Waals surface area contributed by atoms with Crippen LogP contribution in [0.5, 0.6) is 0 Å². The van der Waals surface area contributed by atoms with E-state index in [-0.39, 0.29) is 86.5 Å². The van der Waals surface area contributed by atoms with Crippen LogP contribution in [0.4, 0.5) is 0 Å². The Morgan fingerprint density at radius 3 is 1.64 bits per heavy atom. The number of thioether (sulfide) groups is 1. The van der Waals surface area contributed by atoms with Gasteiger partial charge in [-0.3, -0.25) is 9.59 Å². The summed E-state index contributed by atoms with van der Waals surface area (Å²) >= 11 is 13.7. The fourth-order valence-corrected chi connectivity index (χ4v) is 3.96. The number of hydrogen-bond acceptors (Lipinski definition) is 8. The minimum atomic E-state index is -0.211. The van der Waals surface area contributed by atoms with Gasteiger partial charge in [0.05, 0.1) is 16.7 Å². The number of carbonyl (C=O) groups excluding carboxylic acids is 2. The normalized spacial score (nSPS) is 10.8. The number of benzene rings is 2. The first-order valence-electron chi connectivity index (χ1n) is 10.7. The van der Waals surface area contributed by atoms with Crippen LogP contribution >= 0.6 is 52.1 Å². The topological polar surface area (TPSA) is 52.6 Å². The number of thiocarbonyl (C=S) groups is 2. The molecule has 36 heavy (non-hydrogen) atoms. The van der Waals surface area contributed by atoms with Crippen molar-refractivity contribution in [3.8, 4) is 0 Å². The van der Waals surface area contributed by atoms with Gasteiger partial charge in [-0.25, -0.2) is 5.55 Å². The van der Waals surface area contributed by atoms with E-state index in [1.54, 1.807) is 0 Å². The van der Waals surface area contributed by atoms with Crippen LogP contribution in [0.25, 0.3) is 0 Å². The van der Waals surface area contributed by atoms with E-state index < -0.39 is 0 Å². The van der Waals surface area contributed by atoms with Gasteiger partial charge in [0.1, 0.15) is 0 Å². The maximum absolute atomic E-state index is 12.1. The van der Waals surface area contributed by atoms with Gasteiger partial charge in [0, 0.05) is 17.7 Å². The van der Waals surface area contributed by atoms with E-state index in [9.17, 15) is 9.59 Å². The third-order valence-electron chi connectivity index (χ3n) is 4.14. The number of alkyl halides is 1. The summed E-state index contributed by atoms with van der Waals surface area (Å²) in [5.74, 6) is 0.215. The van der Waals surface area contributed by atoms with Gasteiger partial charge in [-0.2, -0.15) is 0 Å². The molecule has 0 saturated carbocycles. The molecule has 2 atom stereocenters. The molecule has 0 aliphatic rings. The van der Waals surface area contributed by atoms with Gasteiger partial charge in [0.2, 0.25) is 4.38 Å². The quantitative estimate of drug-likeness (QED) is 0.0799. The fourth-order valence-electron chi connectivity index (χ4n) is 2.31. The predicted octanol–water partition coefficient (Wildman–Crippen LogP) is 4.17. The van der Waals surface area contributed by atoms with E-state index >= 15 is 0 Å². The van der Waals surface area contributed by atoms with E-state index in [0.29, 0.717) is 17.6 Å². The minimum Gasteiger partial charge on any atom is -0.813 e. The summed E-state index contributed by atoms with van der Waals surface area (Å²) < 4.78 is 9.99. The van der Waals surface area contributed by atoms with E-state index in [1.807, 2.05) is 90.1 Å². The number of aryl methyl sites for hydroxylation is 2. The SMILES string of the molecule is CCOC(=S)SC(C)C(=O)c1ccc(C)cc1.CCO[C-]=S.Cc1ccc(C(=O)C(C)Br)cc1.[K+].[SH-]. The maximum atomic E-state index is 12.1. The molecule has 0 aromatic heterocycles. The van der Waals surface area contributed by atoms with Crippen LogP contribution < -0.4 is 51.4 Å². The third kappa shape index (κ3) is 18.6. The second kappa shape index (κ2) is 24.4. The number of hydrogen-bond donors (Lipinski definition) is 0. The Hall–Kier alpha value is 0.376. The van der Waals surface area contributed by atoms with Crippen LogP contribution in [0.3, 0.4) is 0 Å². The van der Waals surface area contributed by atoms with Crippen molar-refractivity contribution in [2.45, 2.75) is 51.6 Å². The van der Waals surface area contributed by atoms with Crippen molar-refractivity contribution < 1.29 is 70.4 Å². The average Bonchev–Trinajstić information content (AvgIpc) is 2.80. The summed E-state index contributed by atoms with van der Waals surface area (Å²) in [5.41, 5.74) is 5.91. The van der Waals surface area contributed by atoms with Crippen LogP contribution in [0, 0.1) is 13.8 Å². The Labute approximate surface area is 289 Å². The molecule has 0 heterocycles. The molecule has 2 unspecified atom stereocenters. The number of thiol groups is 1. The van der Waals surface area contributed by atoms with Gasteiger partial charge in [0.15, 0.2) is 11.6 Å². The molecule has 0 bridgehead atoms. The molecule has 0 radical (unpaired) electrons. The van der Waals surface area contributed by atoms with Crippen LogP contribution in [0.2, 0.25) is 0 Å². The number of Topliss-reactive ketones (excluding diaryl/α,β-unsaturated/α-hetero) is 2. The third-order valence-corrected chi connectivity index (χ3v) is 5.96.